The Morgan fingerprint density at radius 2 is 1.38 bits per heavy atom. The van der Waals surface area contributed by atoms with Gasteiger partial charge in [-0.1, -0.05) is 49.7 Å². The fourth-order valence-electron chi connectivity index (χ4n) is 2.04. The van der Waals surface area contributed by atoms with Crippen LogP contribution >= 0.6 is 0 Å². The zero-order valence-electron chi connectivity index (χ0n) is 11.5. The summed E-state index contributed by atoms with van der Waals surface area (Å²) in [4.78, 5) is 0. The van der Waals surface area contributed by atoms with Crippen LogP contribution in [-0.2, 0) is 6.42 Å². The van der Waals surface area contributed by atoms with Crippen LogP contribution < -0.4 is 4.74 Å². The van der Waals surface area contributed by atoms with E-state index in [-0.39, 0.29) is 5.75 Å². The average Bonchev–Trinajstić information content (AvgIpc) is 2.45. The fourth-order valence-corrected chi connectivity index (χ4v) is 2.04. The molecule has 0 aliphatic heterocycles. The number of benzene rings is 2. The Bertz CT molecular complexity index is 556. The van der Waals surface area contributed by atoms with Crippen molar-refractivity contribution in [2.75, 3.05) is 0 Å². The first-order valence-corrected chi connectivity index (χ1v) is 6.72. The number of aryl methyl sites for hydroxylation is 1. The second-order valence-electron chi connectivity index (χ2n) is 4.73. The van der Waals surface area contributed by atoms with Crippen LogP contribution in [0.3, 0.4) is 0 Å². The molecule has 4 heteroatoms. The molecule has 0 aliphatic rings. The van der Waals surface area contributed by atoms with Gasteiger partial charge in [0.05, 0.1) is 0 Å². The van der Waals surface area contributed by atoms with Crippen molar-refractivity contribution in [1.29, 1.82) is 0 Å². The van der Waals surface area contributed by atoms with Gasteiger partial charge in [-0.25, -0.2) is 0 Å². The molecule has 0 aliphatic carbocycles. The number of ether oxygens (including phenoxy) is 1. The summed E-state index contributed by atoms with van der Waals surface area (Å²) in [5, 5.41) is 0. The zero-order chi connectivity index (χ0) is 15.3. The van der Waals surface area contributed by atoms with E-state index < -0.39 is 6.36 Å². The second kappa shape index (κ2) is 6.66. The molecule has 111 valence electrons. The van der Waals surface area contributed by atoms with Gasteiger partial charge in [0, 0.05) is 0 Å². The minimum atomic E-state index is -4.66. The van der Waals surface area contributed by atoms with Crippen molar-refractivity contribution in [3.8, 4) is 16.9 Å². The Morgan fingerprint density at radius 1 is 0.857 bits per heavy atom. The molecule has 0 fully saturated rings. The molecule has 0 saturated heterocycles. The van der Waals surface area contributed by atoms with Crippen molar-refractivity contribution < 1.29 is 17.9 Å². The van der Waals surface area contributed by atoms with Gasteiger partial charge < -0.3 is 4.74 Å². The lowest BCUT2D eigenvalue weighted by Gasteiger charge is -2.09. The molecule has 0 amide bonds. The van der Waals surface area contributed by atoms with Crippen LogP contribution in [0.15, 0.2) is 48.5 Å². The van der Waals surface area contributed by atoms with Gasteiger partial charge in [-0.05, 0) is 41.7 Å². The minimum absolute atomic E-state index is 0.210. The van der Waals surface area contributed by atoms with Crippen molar-refractivity contribution in [1.82, 2.24) is 0 Å². The number of alkyl halides is 3. The highest BCUT2D eigenvalue weighted by atomic mass is 19.4. The smallest absolute Gasteiger partial charge is 0.406 e. The molecule has 0 saturated carbocycles. The Hall–Kier alpha value is -1.97. The summed E-state index contributed by atoms with van der Waals surface area (Å²) in [6.45, 7) is 3.81. The SMILES string of the molecule is [CH2]CCCc1ccc(-c2ccc(OC(F)(F)F)cc2)cc1. The maximum absolute atomic E-state index is 12.1. The quantitative estimate of drug-likeness (QED) is 0.716. The predicted molar refractivity (Wildman–Crippen MR) is 76.9 cm³/mol. The van der Waals surface area contributed by atoms with Crippen molar-refractivity contribution >= 4 is 0 Å². The van der Waals surface area contributed by atoms with Gasteiger partial charge in [0.1, 0.15) is 5.75 Å². The summed E-state index contributed by atoms with van der Waals surface area (Å²) < 4.78 is 40.1. The monoisotopic (exact) mass is 293 g/mol. The van der Waals surface area contributed by atoms with Gasteiger partial charge in [0.25, 0.3) is 0 Å². The van der Waals surface area contributed by atoms with Crippen molar-refractivity contribution in [3.05, 3.63) is 61.0 Å². The third kappa shape index (κ3) is 4.81. The lowest BCUT2D eigenvalue weighted by molar-refractivity contribution is -0.274. The molecule has 2 rings (SSSR count). The van der Waals surface area contributed by atoms with Gasteiger partial charge in [-0.2, -0.15) is 0 Å². The first-order chi connectivity index (χ1) is 9.98. The topological polar surface area (TPSA) is 9.23 Å². The maximum Gasteiger partial charge on any atom is 0.573 e. The summed E-state index contributed by atoms with van der Waals surface area (Å²) in [6.07, 6.45) is -1.72. The van der Waals surface area contributed by atoms with E-state index in [2.05, 4.69) is 11.7 Å². The zero-order valence-corrected chi connectivity index (χ0v) is 11.5. The van der Waals surface area contributed by atoms with Crippen LogP contribution in [0.1, 0.15) is 18.4 Å². The van der Waals surface area contributed by atoms with Gasteiger partial charge in [0.2, 0.25) is 0 Å². The van der Waals surface area contributed by atoms with E-state index in [0.29, 0.717) is 0 Å². The first-order valence-electron chi connectivity index (χ1n) is 6.72. The molecule has 0 atom stereocenters. The molecular formula is C17H16F3O. The van der Waals surface area contributed by atoms with E-state index in [9.17, 15) is 13.2 Å². The van der Waals surface area contributed by atoms with E-state index in [1.807, 2.05) is 24.3 Å². The summed E-state index contributed by atoms with van der Waals surface area (Å²) >= 11 is 0. The summed E-state index contributed by atoms with van der Waals surface area (Å²) in [5.74, 6) is -0.210. The molecule has 0 unspecified atom stereocenters. The molecule has 0 spiro atoms. The van der Waals surface area contributed by atoms with E-state index in [0.717, 1.165) is 30.4 Å². The van der Waals surface area contributed by atoms with Crippen LogP contribution in [0, 0.1) is 6.92 Å². The van der Waals surface area contributed by atoms with E-state index in [1.54, 1.807) is 12.1 Å². The third-order valence-corrected chi connectivity index (χ3v) is 3.09. The summed E-state index contributed by atoms with van der Waals surface area (Å²) in [5.41, 5.74) is 3.06. The Kier molecular flexibility index (Phi) is 4.89. The molecular weight excluding hydrogens is 277 g/mol. The van der Waals surface area contributed by atoms with Crippen LogP contribution in [0.4, 0.5) is 13.2 Å². The van der Waals surface area contributed by atoms with Crippen LogP contribution in [-0.4, -0.2) is 6.36 Å². The average molecular weight is 293 g/mol. The standard InChI is InChI=1S/C17H16F3O/c1-2-3-4-13-5-7-14(8-6-13)15-9-11-16(12-10-15)21-17(18,19)20/h5-12H,1-4H2. The van der Waals surface area contributed by atoms with E-state index in [1.165, 1.54) is 17.7 Å². The van der Waals surface area contributed by atoms with E-state index >= 15 is 0 Å². The molecule has 2 aromatic rings. The van der Waals surface area contributed by atoms with Gasteiger partial charge in [-0.15, -0.1) is 13.2 Å². The Labute approximate surface area is 122 Å². The highest BCUT2D eigenvalue weighted by molar-refractivity contribution is 5.64. The predicted octanol–water partition coefficient (Wildman–Crippen LogP) is 5.41. The number of halogens is 3. The van der Waals surface area contributed by atoms with Gasteiger partial charge in [0.15, 0.2) is 0 Å². The Morgan fingerprint density at radius 3 is 1.86 bits per heavy atom. The number of hydrogen-bond donors (Lipinski definition) is 0. The molecule has 1 nitrogen and oxygen atoms in total. The second-order valence-corrected chi connectivity index (χ2v) is 4.73. The molecule has 21 heavy (non-hydrogen) atoms. The molecule has 0 heterocycles. The Balaban J connectivity index is 2.08. The lowest BCUT2D eigenvalue weighted by Crippen LogP contribution is -2.16. The first kappa shape index (κ1) is 15.4. The number of rotatable bonds is 5. The van der Waals surface area contributed by atoms with Crippen LogP contribution in [0.25, 0.3) is 11.1 Å². The molecule has 1 radical (unpaired) electrons. The highest BCUT2D eigenvalue weighted by Gasteiger charge is 2.30. The summed E-state index contributed by atoms with van der Waals surface area (Å²) in [7, 11) is 0. The lowest BCUT2D eigenvalue weighted by atomic mass is 10.0. The molecule has 0 aromatic heterocycles. The van der Waals surface area contributed by atoms with Crippen LogP contribution in [0.5, 0.6) is 5.75 Å². The largest absolute Gasteiger partial charge is 0.573 e. The van der Waals surface area contributed by atoms with Crippen molar-refractivity contribution in [2.24, 2.45) is 0 Å². The fraction of sp³-hybridized carbons (Fsp3) is 0.235. The molecule has 0 bridgehead atoms. The van der Waals surface area contributed by atoms with Crippen molar-refractivity contribution in [2.45, 2.75) is 25.6 Å². The van der Waals surface area contributed by atoms with Crippen LogP contribution in [0.2, 0.25) is 0 Å². The van der Waals surface area contributed by atoms with Gasteiger partial charge >= 0.3 is 6.36 Å². The maximum atomic E-state index is 12.1. The minimum Gasteiger partial charge on any atom is -0.406 e. The molecule has 2 aromatic carbocycles. The third-order valence-electron chi connectivity index (χ3n) is 3.09. The highest BCUT2D eigenvalue weighted by Crippen LogP contribution is 2.26. The van der Waals surface area contributed by atoms with E-state index in [4.69, 9.17) is 0 Å². The molecule has 0 N–H and O–H groups in total. The summed E-state index contributed by atoms with van der Waals surface area (Å²) in [6, 6.07) is 13.9. The van der Waals surface area contributed by atoms with Crippen molar-refractivity contribution in [3.63, 3.8) is 0 Å². The van der Waals surface area contributed by atoms with Gasteiger partial charge in [-0.3, -0.25) is 0 Å². The number of unbranched alkanes of at least 4 members (excludes halogenated alkanes) is 1. The normalized spacial score (nSPS) is 11.4. The number of hydrogen-bond acceptors (Lipinski definition) is 1.